The predicted octanol–water partition coefficient (Wildman–Crippen LogP) is 4.27. The number of nitrogens with zero attached hydrogens (tertiary/aromatic N) is 2. The first-order chi connectivity index (χ1) is 13.6. The molecule has 4 rings (SSSR count). The molecular weight excluding hydrogens is 388 g/mol. The predicted molar refractivity (Wildman–Crippen MR) is 109 cm³/mol. The van der Waals surface area contributed by atoms with Crippen LogP contribution in [0, 0.1) is 22.7 Å². The van der Waals surface area contributed by atoms with E-state index < -0.39 is 17.8 Å². The molecule has 1 aromatic carbocycles. The van der Waals surface area contributed by atoms with Gasteiger partial charge in [0, 0.05) is 4.88 Å². The van der Waals surface area contributed by atoms with Crippen LogP contribution in [0.25, 0.3) is 0 Å². The van der Waals surface area contributed by atoms with Crippen molar-refractivity contribution in [2.24, 2.45) is 11.3 Å². The molecule has 0 fully saturated rings. The molecule has 1 aliphatic carbocycles. The lowest BCUT2D eigenvalue weighted by Crippen LogP contribution is -2.29. The molecular formula is C22H20N2O4S. The molecule has 1 aromatic heterocycles. The normalized spacial score (nSPS) is 18.4. The zero-order valence-electron chi connectivity index (χ0n) is 16.4. The maximum atomic E-state index is 13.0. The first-order valence-electron chi connectivity index (χ1n) is 9.44. The minimum Gasteiger partial charge on any atom is -0.478 e. The molecule has 1 aliphatic heterocycles. The van der Waals surface area contributed by atoms with Crippen LogP contribution in [0.3, 0.4) is 0 Å². The Hall–Kier alpha value is -2.98. The van der Waals surface area contributed by atoms with Gasteiger partial charge in [0.25, 0.3) is 11.8 Å². The summed E-state index contributed by atoms with van der Waals surface area (Å²) >= 11 is 1.34. The van der Waals surface area contributed by atoms with Crippen LogP contribution in [0.5, 0.6) is 0 Å². The highest BCUT2D eigenvalue weighted by Crippen LogP contribution is 2.46. The summed E-state index contributed by atoms with van der Waals surface area (Å²) in [7, 11) is 0. The van der Waals surface area contributed by atoms with E-state index in [9.17, 15) is 24.8 Å². The highest BCUT2D eigenvalue weighted by Gasteiger charge is 2.41. The molecule has 2 aromatic rings. The Balaban J connectivity index is 1.78. The summed E-state index contributed by atoms with van der Waals surface area (Å²) in [6.07, 6.45) is 2.54. The number of fused-ring (bicyclic) bond motifs is 2. The zero-order chi connectivity index (χ0) is 21.1. The molecule has 0 radical (unpaired) electrons. The van der Waals surface area contributed by atoms with E-state index in [1.165, 1.54) is 29.5 Å². The monoisotopic (exact) mass is 408 g/mol. The number of carbonyl (C=O) groups excluding carboxylic acids is 2. The molecule has 0 saturated carbocycles. The van der Waals surface area contributed by atoms with E-state index in [0.717, 1.165) is 34.6 Å². The molecule has 1 N–H and O–H groups in total. The Morgan fingerprint density at radius 1 is 1.24 bits per heavy atom. The fourth-order valence-corrected chi connectivity index (χ4v) is 5.52. The lowest BCUT2D eigenvalue weighted by molar-refractivity contribution is 0.0696. The van der Waals surface area contributed by atoms with E-state index in [0.29, 0.717) is 16.5 Å². The van der Waals surface area contributed by atoms with Crippen LogP contribution in [0.4, 0.5) is 5.00 Å². The molecule has 0 unspecified atom stereocenters. The summed E-state index contributed by atoms with van der Waals surface area (Å²) < 4.78 is 0. The van der Waals surface area contributed by atoms with Gasteiger partial charge in [-0.2, -0.15) is 5.26 Å². The van der Waals surface area contributed by atoms with Gasteiger partial charge in [-0.3, -0.25) is 9.59 Å². The van der Waals surface area contributed by atoms with Crippen molar-refractivity contribution in [3.8, 4) is 6.07 Å². The van der Waals surface area contributed by atoms with Crippen LogP contribution in [0.15, 0.2) is 18.2 Å². The first kappa shape index (κ1) is 19.3. The van der Waals surface area contributed by atoms with E-state index in [1.54, 1.807) is 0 Å². The molecule has 6 nitrogen and oxygen atoms in total. The molecule has 1 atom stereocenters. The standard InChI is InChI=1S/C22H20N2O4S/c1-22(2,3)12-5-7-13-16(10-23)20(29-17(13)9-12)24-18(25)14-6-4-11(21(27)28)8-15(14)19(24)26/h4,6,8,12H,5,7,9H2,1-3H3,(H,27,28)/t12-/m0/s1. The number of aromatic carboxylic acids is 1. The van der Waals surface area contributed by atoms with Crippen molar-refractivity contribution in [1.82, 2.24) is 0 Å². The van der Waals surface area contributed by atoms with Crippen molar-refractivity contribution in [2.45, 2.75) is 40.0 Å². The molecule has 0 bridgehead atoms. The Bertz CT molecular complexity index is 1120. The molecule has 29 heavy (non-hydrogen) atoms. The van der Waals surface area contributed by atoms with Gasteiger partial charge in [0.2, 0.25) is 0 Å². The van der Waals surface area contributed by atoms with E-state index >= 15 is 0 Å². The average molecular weight is 408 g/mol. The van der Waals surface area contributed by atoms with Crippen molar-refractivity contribution >= 4 is 34.1 Å². The van der Waals surface area contributed by atoms with Gasteiger partial charge in [-0.05, 0) is 54.4 Å². The van der Waals surface area contributed by atoms with Crippen molar-refractivity contribution in [3.63, 3.8) is 0 Å². The Morgan fingerprint density at radius 3 is 2.55 bits per heavy atom. The average Bonchev–Trinajstić information content (AvgIpc) is 3.14. The first-order valence-corrected chi connectivity index (χ1v) is 10.3. The Morgan fingerprint density at radius 2 is 1.93 bits per heavy atom. The number of imide groups is 1. The minimum atomic E-state index is -1.16. The third kappa shape index (κ3) is 2.95. The quantitative estimate of drug-likeness (QED) is 0.748. The van der Waals surface area contributed by atoms with Crippen LogP contribution < -0.4 is 4.90 Å². The number of thiophene rings is 1. The number of benzene rings is 1. The summed E-state index contributed by atoms with van der Waals surface area (Å²) in [5.74, 6) is -1.78. The number of amides is 2. The summed E-state index contributed by atoms with van der Waals surface area (Å²) in [6.45, 7) is 6.60. The van der Waals surface area contributed by atoms with Crippen molar-refractivity contribution < 1.29 is 19.5 Å². The summed E-state index contributed by atoms with van der Waals surface area (Å²) in [4.78, 5) is 39.3. The van der Waals surface area contributed by atoms with Gasteiger partial charge >= 0.3 is 5.97 Å². The van der Waals surface area contributed by atoms with E-state index in [4.69, 9.17) is 0 Å². The summed E-state index contributed by atoms with van der Waals surface area (Å²) in [6, 6.07) is 6.11. The summed E-state index contributed by atoms with van der Waals surface area (Å²) in [5.41, 5.74) is 1.66. The number of carboxylic acids is 1. The molecule has 0 spiro atoms. The summed E-state index contributed by atoms with van der Waals surface area (Å²) in [5, 5.41) is 19.3. The van der Waals surface area contributed by atoms with Gasteiger partial charge in [-0.15, -0.1) is 11.3 Å². The highest BCUT2D eigenvalue weighted by atomic mass is 32.1. The van der Waals surface area contributed by atoms with Crippen molar-refractivity contribution in [1.29, 1.82) is 5.26 Å². The third-order valence-electron chi connectivity index (χ3n) is 5.92. The topological polar surface area (TPSA) is 98.5 Å². The largest absolute Gasteiger partial charge is 0.478 e. The van der Waals surface area contributed by atoms with Crippen LogP contribution in [0.2, 0.25) is 0 Å². The molecule has 148 valence electrons. The highest BCUT2D eigenvalue weighted by molar-refractivity contribution is 7.17. The fraction of sp³-hybridized carbons (Fsp3) is 0.364. The fourth-order valence-electron chi connectivity index (χ4n) is 4.14. The van der Waals surface area contributed by atoms with Crippen molar-refractivity contribution in [2.75, 3.05) is 4.90 Å². The van der Waals surface area contributed by atoms with Crippen LogP contribution in [0.1, 0.15) is 74.3 Å². The lowest BCUT2D eigenvalue weighted by atomic mass is 9.72. The zero-order valence-corrected chi connectivity index (χ0v) is 17.2. The molecule has 2 amide bonds. The maximum Gasteiger partial charge on any atom is 0.335 e. The van der Waals surface area contributed by atoms with Gasteiger partial charge in [-0.1, -0.05) is 20.8 Å². The SMILES string of the molecule is CC(C)(C)[C@H]1CCc2c(sc(N3C(=O)c4ccc(C(=O)O)cc4C3=O)c2C#N)C1. The number of rotatable bonds is 2. The van der Waals surface area contributed by atoms with Gasteiger partial charge in [0.15, 0.2) is 0 Å². The maximum absolute atomic E-state index is 13.0. The van der Waals surface area contributed by atoms with Crippen LogP contribution in [-0.2, 0) is 12.8 Å². The van der Waals surface area contributed by atoms with E-state index in [-0.39, 0.29) is 22.1 Å². The second-order valence-corrected chi connectivity index (χ2v) is 9.70. The van der Waals surface area contributed by atoms with Crippen LogP contribution in [-0.4, -0.2) is 22.9 Å². The number of carbonyl (C=O) groups is 3. The number of nitriles is 1. The van der Waals surface area contributed by atoms with E-state index in [1.807, 2.05) is 0 Å². The number of hydrogen-bond acceptors (Lipinski definition) is 5. The Labute approximate surface area is 172 Å². The molecule has 2 aliphatic rings. The van der Waals surface area contributed by atoms with Crippen molar-refractivity contribution in [3.05, 3.63) is 50.9 Å². The lowest BCUT2D eigenvalue weighted by Gasteiger charge is -2.33. The van der Waals surface area contributed by atoms with Crippen LogP contribution >= 0.6 is 11.3 Å². The third-order valence-corrected chi connectivity index (χ3v) is 7.16. The molecule has 2 heterocycles. The second-order valence-electron chi connectivity index (χ2n) is 8.61. The van der Waals surface area contributed by atoms with E-state index in [2.05, 4.69) is 26.8 Å². The molecule has 0 saturated heterocycles. The molecule has 7 heteroatoms. The minimum absolute atomic E-state index is 0.0502. The number of hydrogen-bond donors (Lipinski definition) is 1. The van der Waals surface area contributed by atoms with Gasteiger partial charge < -0.3 is 5.11 Å². The number of anilines is 1. The van der Waals surface area contributed by atoms with Gasteiger partial charge in [-0.25, -0.2) is 9.69 Å². The van der Waals surface area contributed by atoms with Gasteiger partial charge in [0.1, 0.15) is 11.1 Å². The number of carboxylic acid groups (broad SMARTS) is 1. The smallest absolute Gasteiger partial charge is 0.335 e. The second kappa shape index (κ2) is 6.53. The van der Waals surface area contributed by atoms with Gasteiger partial charge in [0.05, 0.1) is 22.3 Å². The Kier molecular flexibility index (Phi) is 4.35.